The first-order valence-corrected chi connectivity index (χ1v) is 0. The Balaban J connectivity index is 0. The smallest absolute Gasteiger partial charge is 0.0125 e. The molecule has 0 amide bonds. The molecule has 0 aliphatic carbocycles. The van der Waals surface area contributed by atoms with Crippen LogP contribution < -0.4 is 0 Å². The van der Waals surface area contributed by atoms with E-state index in [9.17, 15) is 0 Å². The van der Waals surface area contributed by atoms with Crippen LogP contribution in [0.1, 0.15) is 0 Å². The Hall–Kier alpha value is 1.89. The fraction of sp³-hybridized carbons (Fsp3) is 0. The number of hydrogen-bond acceptors (Lipinski definition) is 0. The molecule has 0 aromatic heterocycles. The van der Waals surface area contributed by atoms with E-state index in [0.29, 0.717) is 0 Å². The number of hydrogen-bond donors (Lipinski definition) is 0. The Morgan fingerprint density at radius 2 is 1.00 bits per heavy atom. The second kappa shape index (κ2) is 20.7. The molecule has 0 bridgehead atoms. The summed E-state index contributed by atoms with van der Waals surface area (Å²) in [4.78, 5) is 0. The predicted octanol–water partition coefficient (Wildman–Crippen LogP) is -2.11. The zero-order valence-electron chi connectivity index (χ0n) is 3.01. The standard InChI is InChI=1S/Al.Cu.H3Si.Zn.2H/h;;1H3;;;. The minimum absolute atomic E-state index is 0. The normalized spacial score (nSPS) is 0. The Kier molecular flexibility index (Phi) is 204. The molecule has 25 valence electrons. The van der Waals surface area contributed by atoms with Gasteiger partial charge >= 0.3 is 0 Å². The summed E-state index contributed by atoms with van der Waals surface area (Å²) in [5.41, 5.74) is 0. The maximum Gasteiger partial charge on any atom is 0.146 e. The fourth-order valence-electron chi connectivity index (χ4n) is 0. The van der Waals surface area contributed by atoms with Crippen LogP contribution in [0.5, 0.6) is 0 Å². The van der Waals surface area contributed by atoms with Crippen LogP contribution in [-0.2, 0) is 36.5 Å². The van der Waals surface area contributed by atoms with Gasteiger partial charge in [0.25, 0.3) is 0 Å². The van der Waals surface area contributed by atoms with Crippen molar-refractivity contribution in [3.63, 3.8) is 0 Å². The van der Waals surface area contributed by atoms with Crippen LogP contribution in [0.3, 0.4) is 0 Å². The minimum atomic E-state index is 0. The van der Waals surface area contributed by atoms with Gasteiger partial charge in [0.1, 0.15) is 17.4 Å². The predicted molar refractivity (Wildman–Crippen MR) is 18.5 cm³/mol. The molecule has 0 heterocycles. The molecular weight excluding hydrogens is 184 g/mol. The average molecular weight is 189 g/mol. The van der Waals surface area contributed by atoms with Gasteiger partial charge in [0.05, 0.1) is 0 Å². The van der Waals surface area contributed by atoms with Gasteiger partial charge in [-0.05, 0) is 11.0 Å². The van der Waals surface area contributed by atoms with Crippen molar-refractivity contribution in [3.8, 4) is 0 Å². The van der Waals surface area contributed by atoms with Gasteiger partial charge in [-0.2, -0.15) is 0 Å². The summed E-state index contributed by atoms with van der Waals surface area (Å²) in [5.74, 6) is 0. The van der Waals surface area contributed by atoms with Crippen molar-refractivity contribution in [2.75, 3.05) is 0 Å². The second-order valence-electron chi connectivity index (χ2n) is 0. The molecule has 0 aliphatic heterocycles. The third-order valence-corrected chi connectivity index (χ3v) is 0. The van der Waals surface area contributed by atoms with E-state index in [4.69, 9.17) is 0 Å². The van der Waals surface area contributed by atoms with Crippen LogP contribution in [0.2, 0.25) is 0 Å². The summed E-state index contributed by atoms with van der Waals surface area (Å²) < 4.78 is 0. The molecule has 0 aromatic rings. The summed E-state index contributed by atoms with van der Waals surface area (Å²) in [6, 6.07) is 0. The van der Waals surface area contributed by atoms with Crippen LogP contribution >= 0.6 is 0 Å². The van der Waals surface area contributed by atoms with E-state index in [1.54, 1.807) is 0 Å². The largest absolute Gasteiger partial charge is 0.146 e. The molecule has 0 spiro atoms. The zero-order chi connectivity index (χ0) is 0. The number of rotatable bonds is 0. The van der Waals surface area contributed by atoms with Gasteiger partial charge in [0.15, 0.2) is 0 Å². The van der Waals surface area contributed by atoms with Crippen molar-refractivity contribution in [3.05, 3.63) is 0 Å². The van der Waals surface area contributed by atoms with E-state index in [2.05, 4.69) is 0 Å². The first kappa shape index (κ1) is 39.4. The Bertz CT molecular complexity index is 8.00. The van der Waals surface area contributed by atoms with Gasteiger partial charge in [0.2, 0.25) is 0 Å². The van der Waals surface area contributed by atoms with Crippen molar-refractivity contribution < 1.29 is 36.5 Å². The molecule has 0 rings (SSSR count). The van der Waals surface area contributed by atoms with Crippen molar-refractivity contribution in [2.24, 2.45) is 0 Å². The zero-order valence-corrected chi connectivity index (χ0v) is 10.9. The molecule has 0 fully saturated rings. The quantitative estimate of drug-likeness (QED) is 0.383. The van der Waals surface area contributed by atoms with E-state index >= 15 is 0 Å². The van der Waals surface area contributed by atoms with Crippen molar-refractivity contribution in [2.45, 2.75) is 0 Å². The second-order valence-corrected chi connectivity index (χ2v) is 0. The Morgan fingerprint density at radius 1 is 1.00 bits per heavy atom. The van der Waals surface area contributed by atoms with Gasteiger partial charge in [0, 0.05) is 36.5 Å². The average Bonchev–Trinajstić information content (AvgIpc) is 0. The van der Waals surface area contributed by atoms with Gasteiger partial charge in [-0.25, -0.2) is 0 Å². The van der Waals surface area contributed by atoms with Crippen LogP contribution in [0.15, 0.2) is 0 Å². The minimum Gasteiger partial charge on any atom is -0.0125 e. The summed E-state index contributed by atoms with van der Waals surface area (Å²) in [7, 11) is 0. The molecule has 0 unspecified atom stereocenters. The molecule has 0 N–H and O–H groups in total. The van der Waals surface area contributed by atoms with Crippen LogP contribution in [-0.4, -0.2) is 28.3 Å². The maximum absolute atomic E-state index is 0. The third-order valence-electron chi connectivity index (χ3n) is 0. The topological polar surface area (TPSA) is 0 Å². The monoisotopic (exact) mass is 187 g/mol. The first-order chi connectivity index (χ1) is 0. The molecule has 0 nitrogen and oxygen atoms in total. The van der Waals surface area contributed by atoms with Gasteiger partial charge < -0.3 is 0 Å². The van der Waals surface area contributed by atoms with E-state index in [1.807, 2.05) is 0 Å². The molecule has 0 saturated heterocycles. The summed E-state index contributed by atoms with van der Waals surface area (Å²) in [6.07, 6.45) is 0. The SMILES string of the molecule is [AlH2].[Cu].[SiH3].[Zn]. The van der Waals surface area contributed by atoms with E-state index in [1.165, 1.54) is 0 Å². The van der Waals surface area contributed by atoms with Gasteiger partial charge in [-0.1, -0.05) is 0 Å². The van der Waals surface area contributed by atoms with Crippen LogP contribution in [0.4, 0.5) is 0 Å². The maximum atomic E-state index is 0. The molecule has 4 heavy (non-hydrogen) atoms. The molecule has 0 saturated carbocycles. The molecule has 4 heteroatoms. The Morgan fingerprint density at radius 3 is 1.00 bits per heavy atom. The van der Waals surface area contributed by atoms with Crippen LogP contribution in [0.25, 0.3) is 0 Å². The summed E-state index contributed by atoms with van der Waals surface area (Å²) in [5, 5.41) is 0. The van der Waals surface area contributed by atoms with Crippen molar-refractivity contribution in [1.82, 2.24) is 0 Å². The van der Waals surface area contributed by atoms with Gasteiger partial charge in [-0.3, -0.25) is 0 Å². The molecule has 0 aromatic carbocycles. The van der Waals surface area contributed by atoms with E-state index in [0.717, 1.165) is 0 Å². The Labute approximate surface area is 64.5 Å². The summed E-state index contributed by atoms with van der Waals surface area (Å²) in [6.45, 7) is 0. The van der Waals surface area contributed by atoms with Crippen molar-refractivity contribution in [1.29, 1.82) is 0 Å². The molecule has 3 radical (unpaired) electrons. The fourth-order valence-corrected chi connectivity index (χ4v) is 0. The first-order valence-electron chi connectivity index (χ1n) is 0. The van der Waals surface area contributed by atoms with Crippen LogP contribution in [0, 0.1) is 0 Å². The van der Waals surface area contributed by atoms with Crippen molar-refractivity contribution >= 4 is 28.3 Å². The van der Waals surface area contributed by atoms with E-state index in [-0.39, 0.29) is 64.9 Å². The van der Waals surface area contributed by atoms with Gasteiger partial charge in [-0.15, -0.1) is 0 Å². The molecule has 0 aliphatic rings. The van der Waals surface area contributed by atoms with E-state index < -0.39 is 0 Å². The third kappa shape index (κ3) is 9.09. The molecule has 0 atom stereocenters. The molecular formula is H5AlCuSiZn. The summed E-state index contributed by atoms with van der Waals surface area (Å²) >= 11 is 0.